The number of hydrogen-bond acceptors (Lipinski definition) is 6. The van der Waals surface area contributed by atoms with E-state index in [1.807, 2.05) is 6.92 Å². The van der Waals surface area contributed by atoms with Gasteiger partial charge in [0.15, 0.2) is 5.03 Å². The van der Waals surface area contributed by atoms with Crippen LogP contribution in [0.25, 0.3) is 0 Å². The number of halogens is 1. The molecule has 0 spiro atoms. The first-order valence-corrected chi connectivity index (χ1v) is 6.17. The van der Waals surface area contributed by atoms with Crippen LogP contribution in [0.15, 0.2) is 5.03 Å². The molecular formula is C9H12ClN3O3S. The summed E-state index contributed by atoms with van der Waals surface area (Å²) in [5, 5.41) is 20.0. The molecule has 1 unspecified atom stereocenters. The van der Waals surface area contributed by atoms with Gasteiger partial charge in [0, 0.05) is 11.9 Å². The van der Waals surface area contributed by atoms with Gasteiger partial charge in [0.2, 0.25) is 5.28 Å². The molecule has 0 aromatic carbocycles. The van der Waals surface area contributed by atoms with Crippen molar-refractivity contribution in [2.75, 3.05) is 6.61 Å². The number of aromatic nitrogens is 2. The van der Waals surface area contributed by atoms with Crippen LogP contribution in [-0.2, 0) is 0 Å². The molecule has 0 fully saturated rings. The van der Waals surface area contributed by atoms with Gasteiger partial charge >= 0.3 is 5.69 Å². The van der Waals surface area contributed by atoms with E-state index in [4.69, 9.17) is 16.7 Å². The van der Waals surface area contributed by atoms with E-state index >= 15 is 0 Å². The lowest BCUT2D eigenvalue weighted by molar-refractivity contribution is -0.389. The Kier molecular flexibility index (Phi) is 5.10. The van der Waals surface area contributed by atoms with E-state index in [1.165, 1.54) is 18.7 Å². The number of nitrogens with zero attached hydrogens (tertiary/aromatic N) is 3. The van der Waals surface area contributed by atoms with E-state index in [0.29, 0.717) is 6.42 Å². The summed E-state index contributed by atoms with van der Waals surface area (Å²) in [5.41, 5.74) is 0.123. The van der Waals surface area contributed by atoms with E-state index in [0.717, 1.165) is 0 Å². The summed E-state index contributed by atoms with van der Waals surface area (Å²) >= 11 is 6.89. The third-order valence-corrected chi connectivity index (χ3v) is 3.35. The lowest BCUT2D eigenvalue weighted by Crippen LogP contribution is -2.04. The van der Waals surface area contributed by atoms with Crippen molar-refractivity contribution in [2.24, 2.45) is 0 Å². The van der Waals surface area contributed by atoms with Crippen LogP contribution < -0.4 is 0 Å². The molecule has 94 valence electrons. The second kappa shape index (κ2) is 6.13. The number of aliphatic hydroxyl groups excluding tert-OH is 1. The van der Waals surface area contributed by atoms with Gasteiger partial charge in [-0.05, 0) is 24.9 Å². The summed E-state index contributed by atoms with van der Waals surface area (Å²) in [7, 11) is 0. The highest BCUT2D eigenvalue weighted by molar-refractivity contribution is 8.00. The van der Waals surface area contributed by atoms with Crippen LogP contribution in [0.1, 0.15) is 19.0 Å². The Morgan fingerprint density at radius 1 is 1.59 bits per heavy atom. The molecule has 0 bridgehead atoms. The SMILES string of the molecule is Cc1nc(Cl)nc(SC(C)CCO)c1[N+](=O)[O-]. The summed E-state index contributed by atoms with van der Waals surface area (Å²) in [6.07, 6.45) is 0.530. The molecule has 0 saturated carbocycles. The van der Waals surface area contributed by atoms with Gasteiger partial charge in [-0.3, -0.25) is 10.1 Å². The Bertz CT molecular complexity index is 430. The minimum atomic E-state index is -0.514. The van der Waals surface area contributed by atoms with Gasteiger partial charge in [0.25, 0.3) is 0 Å². The topological polar surface area (TPSA) is 89.2 Å². The lowest BCUT2D eigenvalue weighted by Gasteiger charge is -2.09. The maximum Gasteiger partial charge on any atom is 0.322 e. The Morgan fingerprint density at radius 2 is 2.24 bits per heavy atom. The predicted octanol–water partition coefficient (Wildman–Crippen LogP) is 2.21. The fourth-order valence-electron chi connectivity index (χ4n) is 1.23. The minimum Gasteiger partial charge on any atom is -0.396 e. The largest absolute Gasteiger partial charge is 0.396 e. The monoisotopic (exact) mass is 277 g/mol. The van der Waals surface area contributed by atoms with Crippen molar-refractivity contribution in [3.8, 4) is 0 Å². The summed E-state index contributed by atoms with van der Waals surface area (Å²) in [4.78, 5) is 18.0. The van der Waals surface area contributed by atoms with Crippen LogP contribution in [-0.4, -0.2) is 31.9 Å². The Balaban J connectivity index is 3.08. The summed E-state index contributed by atoms with van der Waals surface area (Å²) < 4.78 is 0. The van der Waals surface area contributed by atoms with E-state index < -0.39 is 4.92 Å². The predicted molar refractivity (Wildman–Crippen MR) is 65.5 cm³/mol. The molecule has 0 aliphatic rings. The number of thioether (sulfide) groups is 1. The van der Waals surface area contributed by atoms with E-state index in [9.17, 15) is 10.1 Å². The Labute approximate surface area is 108 Å². The smallest absolute Gasteiger partial charge is 0.322 e. The molecule has 0 aliphatic carbocycles. The highest BCUT2D eigenvalue weighted by atomic mass is 35.5. The van der Waals surface area contributed by atoms with Gasteiger partial charge in [-0.15, -0.1) is 0 Å². The van der Waals surface area contributed by atoms with Crippen LogP contribution in [0.3, 0.4) is 0 Å². The molecule has 1 aromatic rings. The zero-order valence-corrected chi connectivity index (χ0v) is 11.0. The quantitative estimate of drug-likeness (QED) is 0.292. The van der Waals surface area contributed by atoms with Crippen LogP contribution >= 0.6 is 23.4 Å². The highest BCUT2D eigenvalue weighted by Crippen LogP contribution is 2.33. The van der Waals surface area contributed by atoms with Crippen molar-refractivity contribution in [3.05, 3.63) is 21.1 Å². The highest BCUT2D eigenvalue weighted by Gasteiger charge is 2.23. The second-order valence-corrected chi connectivity index (χ2v) is 5.19. The fourth-order valence-corrected chi connectivity index (χ4v) is 2.57. The maximum absolute atomic E-state index is 10.9. The van der Waals surface area contributed by atoms with Crippen molar-refractivity contribution >= 4 is 29.1 Å². The van der Waals surface area contributed by atoms with Crippen LogP contribution in [0.4, 0.5) is 5.69 Å². The van der Waals surface area contributed by atoms with Crippen LogP contribution in [0, 0.1) is 17.0 Å². The molecule has 1 heterocycles. The molecule has 1 rings (SSSR count). The van der Waals surface area contributed by atoms with Crippen LogP contribution in [0.2, 0.25) is 5.28 Å². The molecular weight excluding hydrogens is 266 g/mol. The summed E-state index contributed by atoms with van der Waals surface area (Å²) in [5.74, 6) is 0. The van der Waals surface area contributed by atoms with Crippen molar-refractivity contribution < 1.29 is 10.0 Å². The average molecular weight is 278 g/mol. The third-order valence-electron chi connectivity index (χ3n) is 2.03. The molecule has 1 N–H and O–H groups in total. The lowest BCUT2D eigenvalue weighted by atomic mass is 10.3. The van der Waals surface area contributed by atoms with Gasteiger partial charge < -0.3 is 5.11 Å². The van der Waals surface area contributed by atoms with E-state index in [1.54, 1.807) is 0 Å². The van der Waals surface area contributed by atoms with Crippen molar-refractivity contribution in [1.82, 2.24) is 9.97 Å². The average Bonchev–Trinajstić information content (AvgIpc) is 2.15. The van der Waals surface area contributed by atoms with Gasteiger partial charge in [-0.1, -0.05) is 18.7 Å². The minimum absolute atomic E-state index is 0.00759. The Morgan fingerprint density at radius 3 is 2.76 bits per heavy atom. The van der Waals surface area contributed by atoms with Gasteiger partial charge in [0.05, 0.1) is 4.92 Å². The van der Waals surface area contributed by atoms with Crippen molar-refractivity contribution in [1.29, 1.82) is 0 Å². The zero-order valence-electron chi connectivity index (χ0n) is 9.38. The number of aliphatic hydroxyl groups is 1. The van der Waals surface area contributed by atoms with E-state index in [-0.39, 0.29) is 33.5 Å². The maximum atomic E-state index is 10.9. The molecule has 0 saturated heterocycles. The number of aryl methyl sites for hydroxylation is 1. The standard InChI is InChI=1S/C9H12ClN3O3S/c1-5(3-4-14)17-8-7(13(15)16)6(2)11-9(10)12-8/h5,14H,3-4H2,1-2H3. The third kappa shape index (κ3) is 3.79. The Hall–Kier alpha value is -0.920. The molecule has 6 nitrogen and oxygen atoms in total. The van der Waals surface area contributed by atoms with Crippen molar-refractivity contribution in [2.45, 2.75) is 30.5 Å². The molecule has 1 atom stereocenters. The molecule has 0 aliphatic heterocycles. The van der Waals surface area contributed by atoms with Gasteiger partial charge in [0.1, 0.15) is 5.69 Å². The molecule has 8 heteroatoms. The van der Waals surface area contributed by atoms with Crippen LogP contribution in [0.5, 0.6) is 0 Å². The number of hydrogen-bond donors (Lipinski definition) is 1. The van der Waals surface area contributed by atoms with E-state index in [2.05, 4.69) is 9.97 Å². The van der Waals surface area contributed by atoms with Gasteiger partial charge in [-0.25, -0.2) is 9.97 Å². The summed E-state index contributed by atoms with van der Waals surface area (Å²) in [6, 6.07) is 0. The number of rotatable bonds is 5. The summed E-state index contributed by atoms with van der Waals surface area (Å²) in [6.45, 7) is 3.40. The first kappa shape index (κ1) is 14.1. The zero-order chi connectivity index (χ0) is 13.0. The first-order chi connectivity index (χ1) is 7.95. The fraction of sp³-hybridized carbons (Fsp3) is 0.556. The molecule has 0 radical (unpaired) electrons. The molecule has 17 heavy (non-hydrogen) atoms. The number of nitro groups is 1. The first-order valence-electron chi connectivity index (χ1n) is 4.91. The normalized spacial score (nSPS) is 12.5. The van der Waals surface area contributed by atoms with Gasteiger partial charge in [-0.2, -0.15) is 0 Å². The molecule has 0 amide bonds. The second-order valence-electron chi connectivity index (χ2n) is 3.43. The molecule has 1 aromatic heterocycles. The van der Waals surface area contributed by atoms with Crippen molar-refractivity contribution in [3.63, 3.8) is 0 Å².